The summed E-state index contributed by atoms with van der Waals surface area (Å²) >= 11 is 1.67. The van der Waals surface area contributed by atoms with E-state index in [2.05, 4.69) is 18.6 Å². The topological polar surface area (TPSA) is 43.4 Å². The number of aryl methyl sites for hydroxylation is 2. The van der Waals surface area contributed by atoms with Crippen molar-refractivity contribution in [1.82, 2.24) is 0 Å². The first kappa shape index (κ1) is 12.8. The number of fused-ring (bicyclic) bond motifs is 1. The van der Waals surface area contributed by atoms with Gasteiger partial charge in [0, 0.05) is 15.1 Å². The lowest BCUT2D eigenvalue weighted by molar-refractivity contribution is -0.139. The maximum absolute atomic E-state index is 11.9. The number of methoxy groups -OCH3 is 1. The van der Waals surface area contributed by atoms with E-state index in [-0.39, 0.29) is 12.2 Å². The summed E-state index contributed by atoms with van der Waals surface area (Å²) in [5.74, 6) is -0.703. The minimum Gasteiger partial charge on any atom is -0.469 e. The van der Waals surface area contributed by atoms with Crippen LogP contribution in [0.1, 0.15) is 27.2 Å². The molecular weight excluding hydrogens is 248 g/mol. The summed E-state index contributed by atoms with van der Waals surface area (Å²) < 4.78 is 5.58. The number of hydrogen-bond acceptors (Lipinski definition) is 4. The van der Waals surface area contributed by atoms with Crippen LogP contribution in [-0.2, 0) is 9.53 Å². The van der Waals surface area contributed by atoms with Crippen molar-refractivity contribution in [1.29, 1.82) is 0 Å². The molecule has 0 aliphatic heterocycles. The van der Waals surface area contributed by atoms with Gasteiger partial charge in [-0.1, -0.05) is 12.1 Å². The fourth-order valence-electron chi connectivity index (χ4n) is 1.83. The first-order chi connectivity index (χ1) is 8.52. The summed E-state index contributed by atoms with van der Waals surface area (Å²) in [4.78, 5) is 24.2. The Morgan fingerprint density at radius 1 is 1.28 bits per heavy atom. The van der Waals surface area contributed by atoms with Gasteiger partial charge < -0.3 is 4.74 Å². The molecule has 0 fully saturated rings. The van der Waals surface area contributed by atoms with E-state index in [0.29, 0.717) is 5.56 Å². The second-order valence-corrected chi connectivity index (χ2v) is 5.43. The van der Waals surface area contributed by atoms with Crippen molar-refractivity contribution in [2.75, 3.05) is 7.11 Å². The first-order valence-electron chi connectivity index (χ1n) is 5.62. The largest absolute Gasteiger partial charge is 0.469 e. The normalized spacial score (nSPS) is 10.6. The number of rotatable bonds is 3. The van der Waals surface area contributed by atoms with Crippen molar-refractivity contribution in [3.63, 3.8) is 0 Å². The average Bonchev–Trinajstić information content (AvgIpc) is 2.64. The summed E-state index contributed by atoms with van der Waals surface area (Å²) in [6.07, 6.45) is -0.203. The molecule has 18 heavy (non-hydrogen) atoms. The molecule has 0 amide bonds. The number of ketones is 1. The molecule has 0 unspecified atom stereocenters. The Kier molecular flexibility index (Phi) is 3.48. The molecule has 0 atom stereocenters. The summed E-state index contributed by atoms with van der Waals surface area (Å²) in [6.45, 7) is 4.14. The van der Waals surface area contributed by atoms with Crippen molar-refractivity contribution in [3.05, 3.63) is 34.2 Å². The number of carbonyl (C=O) groups is 2. The van der Waals surface area contributed by atoms with Gasteiger partial charge in [-0.15, -0.1) is 11.3 Å². The van der Waals surface area contributed by atoms with E-state index >= 15 is 0 Å². The number of esters is 1. The van der Waals surface area contributed by atoms with Gasteiger partial charge in [0.25, 0.3) is 0 Å². The van der Waals surface area contributed by atoms with Crippen LogP contribution in [0.4, 0.5) is 0 Å². The Balaban J connectivity index is 2.35. The zero-order valence-corrected chi connectivity index (χ0v) is 11.4. The minimum atomic E-state index is -0.501. The molecule has 4 heteroatoms. The van der Waals surface area contributed by atoms with Gasteiger partial charge in [-0.05, 0) is 30.9 Å². The monoisotopic (exact) mass is 262 g/mol. The highest BCUT2D eigenvalue weighted by molar-refractivity contribution is 7.19. The molecule has 0 spiro atoms. The van der Waals surface area contributed by atoms with Crippen LogP contribution in [0.15, 0.2) is 18.2 Å². The molecular formula is C14H14O3S. The Labute approximate surface area is 109 Å². The van der Waals surface area contributed by atoms with Crippen molar-refractivity contribution in [2.24, 2.45) is 0 Å². The van der Waals surface area contributed by atoms with E-state index in [1.165, 1.54) is 22.9 Å². The third-order valence-electron chi connectivity index (χ3n) is 3.03. The number of carbonyl (C=O) groups excluding carboxylic acids is 2. The Bertz CT molecular complexity index is 625. The molecule has 3 nitrogen and oxygen atoms in total. The lowest BCUT2D eigenvalue weighted by atomic mass is 10.1. The molecule has 0 radical (unpaired) electrons. The average molecular weight is 262 g/mol. The second-order valence-electron chi connectivity index (χ2n) is 4.17. The Morgan fingerprint density at radius 3 is 2.67 bits per heavy atom. The fourth-order valence-corrected chi connectivity index (χ4v) is 2.94. The summed E-state index contributed by atoms with van der Waals surface area (Å²) in [7, 11) is 1.28. The molecule has 1 heterocycles. The lowest BCUT2D eigenvalue weighted by Gasteiger charge is -2.00. The van der Waals surface area contributed by atoms with Gasteiger partial charge >= 0.3 is 5.97 Å². The SMILES string of the molecule is COC(=O)CC(=O)c1ccc2c(C)c(C)sc2c1. The molecule has 1 aromatic heterocycles. The van der Waals surface area contributed by atoms with Gasteiger partial charge in [-0.2, -0.15) is 0 Å². The number of benzene rings is 1. The predicted molar refractivity (Wildman–Crippen MR) is 72.3 cm³/mol. The Morgan fingerprint density at radius 2 is 2.00 bits per heavy atom. The van der Waals surface area contributed by atoms with Gasteiger partial charge in [0.1, 0.15) is 6.42 Å². The van der Waals surface area contributed by atoms with Gasteiger partial charge in [0.15, 0.2) is 5.78 Å². The van der Waals surface area contributed by atoms with Crippen molar-refractivity contribution < 1.29 is 14.3 Å². The third kappa shape index (κ3) is 2.29. The van der Waals surface area contributed by atoms with E-state index in [4.69, 9.17) is 0 Å². The Hall–Kier alpha value is -1.68. The van der Waals surface area contributed by atoms with Crippen molar-refractivity contribution in [3.8, 4) is 0 Å². The first-order valence-corrected chi connectivity index (χ1v) is 6.44. The van der Waals surface area contributed by atoms with E-state index in [1.54, 1.807) is 17.4 Å². The van der Waals surface area contributed by atoms with Crippen molar-refractivity contribution >= 4 is 33.2 Å². The molecule has 2 aromatic rings. The van der Waals surface area contributed by atoms with Crippen LogP contribution >= 0.6 is 11.3 Å². The zero-order chi connectivity index (χ0) is 13.3. The van der Waals surface area contributed by atoms with Crippen LogP contribution in [0.25, 0.3) is 10.1 Å². The van der Waals surface area contributed by atoms with E-state index < -0.39 is 5.97 Å². The molecule has 0 saturated carbocycles. The molecule has 1 aromatic carbocycles. The quantitative estimate of drug-likeness (QED) is 0.484. The number of hydrogen-bond donors (Lipinski definition) is 0. The smallest absolute Gasteiger partial charge is 0.313 e. The van der Waals surface area contributed by atoms with Crippen LogP contribution < -0.4 is 0 Å². The van der Waals surface area contributed by atoms with Crippen LogP contribution in [0.2, 0.25) is 0 Å². The number of thiophene rings is 1. The summed E-state index contributed by atoms with van der Waals surface area (Å²) in [5.41, 5.74) is 1.82. The number of Topliss-reactive ketones (excluding diaryl/α,β-unsaturated/α-hetero) is 1. The standard InChI is InChI=1S/C14H14O3S/c1-8-9(2)18-13-6-10(4-5-11(8)13)12(15)7-14(16)17-3/h4-6H,7H2,1-3H3. The predicted octanol–water partition coefficient (Wildman–Crippen LogP) is 3.26. The molecule has 0 bridgehead atoms. The number of ether oxygens (including phenoxy) is 1. The fraction of sp³-hybridized carbons (Fsp3) is 0.286. The summed E-state index contributed by atoms with van der Waals surface area (Å²) in [5, 5.41) is 1.17. The highest BCUT2D eigenvalue weighted by Gasteiger charge is 2.13. The molecule has 94 valence electrons. The highest BCUT2D eigenvalue weighted by Crippen LogP contribution is 2.30. The van der Waals surface area contributed by atoms with Gasteiger partial charge in [-0.3, -0.25) is 9.59 Å². The van der Waals surface area contributed by atoms with Gasteiger partial charge in [0.05, 0.1) is 7.11 Å². The third-order valence-corrected chi connectivity index (χ3v) is 4.20. The maximum Gasteiger partial charge on any atom is 0.313 e. The summed E-state index contributed by atoms with van der Waals surface area (Å²) in [6, 6.07) is 5.57. The molecule has 2 rings (SSSR count). The van der Waals surface area contributed by atoms with E-state index in [0.717, 1.165) is 4.70 Å². The molecule has 0 aliphatic carbocycles. The highest BCUT2D eigenvalue weighted by atomic mass is 32.1. The molecule has 0 saturated heterocycles. The maximum atomic E-state index is 11.9. The molecule has 0 N–H and O–H groups in total. The van der Waals surface area contributed by atoms with Crippen LogP contribution in [0, 0.1) is 13.8 Å². The van der Waals surface area contributed by atoms with E-state index in [1.807, 2.05) is 12.1 Å². The van der Waals surface area contributed by atoms with Crippen molar-refractivity contribution in [2.45, 2.75) is 20.3 Å². The van der Waals surface area contributed by atoms with Crippen LogP contribution in [-0.4, -0.2) is 18.9 Å². The van der Waals surface area contributed by atoms with Gasteiger partial charge in [0.2, 0.25) is 0 Å². The lowest BCUT2D eigenvalue weighted by Crippen LogP contribution is -2.09. The zero-order valence-electron chi connectivity index (χ0n) is 10.6. The van der Waals surface area contributed by atoms with Gasteiger partial charge in [-0.25, -0.2) is 0 Å². The van der Waals surface area contributed by atoms with E-state index in [9.17, 15) is 9.59 Å². The minimum absolute atomic E-state index is 0.201. The molecule has 0 aliphatic rings. The van der Waals surface area contributed by atoms with Crippen LogP contribution in [0.3, 0.4) is 0 Å². The van der Waals surface area contributed by atoms with Crippen LogP contribution in [0.5, 0.6) is 0 Å². The second kappa shape index (κ2) is 4.90.